The lowest BCUT2D eigenvalue weighted by molar-refractivity contribution is 0.0301. The first-order valence-electron chi connectivity index (χ1n) is 6.65. The van der Waals surface area contributed by atoms with E-state index in [2.05, 4.69) is 10.3 Å². The van der Waals surface area contributed by atoms with Crippen molar-refractivity contribution in [1.29, 1.82) is 0 Å². The predicted octanol–water partition coefficient (Wildman–Crippen LogP) is 1.86. The van der Waals surface area contributed by atoms with Crippen molar-refractivity contribution in [3.63, 3.8) is 0 Å². The number of rotatable bonds is 6. The van der Waals surface area contributed by atoms with Gasteiger partial charge in [-0.3, -0.25) is 0 Å². The monoisotopic (exact) mass is 237 g/mol. The van der Waals surface area contributed by atoms with Gasteiger partial charge in [-0.1, -0.05) is 19.3 Å². The summed E-state index contributed by atoms with van der Waals surface area (Å²) >= 11 is 0. The van der Waals surface area contributed by atoms with Gasteiger partial charge in [-0.05, 0) is 12.8 Å². The molecule has 0 radical (unpaired) electrons. The average Bonchev–Trinajstić information content (AvgIpc) is 2.76. The Labute approximate surface area is 103 Å². The molecule has 4 heteroatoms. The smallest absolute Gasteiger partial charge is 0.122 e. The van der Waals surface area contributed by atoms with Gasteiger partial charge in [-0.25, -0.2) is 4.98 Å². The van der Waals surface area contributed by atoms with Gasteiger partial charge in [0.15, 0.2) is 0 Å². The molecule has 4 nitrogen and oxygen atoms in total. The van der Waals surface area contributed by atoms with Gasteiger partial charge in [0.05, 0.1) is 19.3 Å². The molecule has 2 rings (SSSR count). The summed E-state index contributed by atoms with van der Waals surface area (Å²) in [6, 6.07) is 0. The van der Waals surface area contributed by atoms with E-state index in [1.807, 2.05) is 24.0 Å². The number of aryl methyl sites for hydroxylation is 1. The Morgan fingerprint density at radius 3 is 2.94 bits per heavy atom. The zero-order valence-electron chi connectivity index (χ0n) is 10.7. The highest BCUT2D eigenvalue weighted by Gasteiger charge is 2.12. The number of imidazole rings is 1. The fourth-order valence-electron chi connectivity index (χ4n) is 2.30. The molecule has 0 saturated heterocycles. The van der Waals surface area contributed by atoms with Crippen LogP contribution in [-0.2, 0) is 18.3 Å². The van der Waals surface area contributed by atoms with Gasteiger partial charge in [0.1, 0.15) is 5.82 Å². The Morgan fingerprint density at radius 1 is 1.41 bits per heavy atom. The molecule has 1 aliphatic rings. The van der Waals surface area contributed by atoms with Crippen LogP contribution in [-0.4, -0.2) is 28.8 Å². The number of nitrogens with zero attached hydrogens (tertiary/aromatic N) is 2. The van der Waals surface area contributed by atoms with Gasteiger partial charge in [-0.2, -0.15) is 0 Å². The Hall–Kier alpha value is -0.870. The number of ether oxygens (including phenoxy) is 1. The largest absolute Gasteiger partial charge is 0.377 e. The molecule has 17 heavy (non-hydrogen) atoms. The first-order chi connectivity index (χ1) is 8.36. The molecule has 0 aliphatic heterocycles. The van der Waals surface area contributed by atoms with Crippen molar-refractivity contribution in [3.05, 3.63) is 18.2 Å². The molecular formula is C13H23N3O. The summed E-state index contributed by atoms with van der Waals surface area (Å²) in [5.41, 5.74) is 0. The molecule has 1 heterocycles. The molecule has 1 fully saturated rings. The molecule has 1 aliphatic carbocycles. The number of hydrogen-bond acceptors (Lipinski definition) is 3. The molecule has 0 amide bonds. The summed E-state index contributed by atoms with van der Waals surface area (Å²) in [4.78, 5) is 4.26. The summed E-state index contributed by atoms with van der Waals surface area (Å²) in [6.45, 7) is 2.54. The maximum Gasteiger partial charge on any atom is 0.122 e. The number of aromatic nitrogens is 2. The lowest BCUT2D eigenvalue weighted by atomic mass is 9.98. The van der Waals surface area contributed by atoms with Crippen molar-refractivity contribution < 1.29 is 4.74 Å². The minimum atomic E-state index is 0.513. The molecule has 0 aromatic carbocycles. The SMILES string of the molecule is Cn1ccnc1CNCCOC1CCCCC1. The molecular weight excluding hydrogens is 214 g/mol. The van der Waals surface area contributed by atoms with E-state index in [0.29, 0.717) is 6.10 Å². The van der Waals surface area contributed by atoms with Crippen molar-refractivity contribution in [2.24, 2.45) is 7.05 Å². The molecule has 1 aromatic rings. The summed E-state index contributed by atoms with van der Waals surface area (Å²) < 4.78 is 7.88. The van der Waals surface area contributed by atoms with Crippen LogP contribution < -0.4 is 5.32 Å². The Bertz CT molecular complexity index is 318. The van der Waals surface area contributed by atoms with Crippen LogP contribution in [0.2, 0.25) is 0 Å². The van der Waals surface area contributed by atoms with Crippen molar-refractivity contribution in [2.45, 2.75) is 44.8 Å². The van der Waals surface area contributed by atoms with Gasteiger partial charge in [0.2, 0.25) is 0 Å². The molecule has 1 aromatic heterocycles. The zero-order chi connectivity index (χ0) is 11.9. The van der Waals surface area contributed by atoms with Gasteiger partial charge < -0.3 is 14.6 Å². The minimum Gasteiger partial charge on any atom is -0.377 e. The van der Waals surface area contributed by atoms with Gasteiger partial charge in [0, 0.05) is 26.0 Å². The topological polar surface area (TPSA) is 39.1 Å². The molecule has 96 valence electrons. The van der Waals surface area contributed by atoms with Crippen molar-refractivity contribution in [2.75, 3.05) is 13.2 Å². The second kappa shape index (κ2) is 6.77. The quantitative estimate of drug-likeness (QED) is 0.768. The first-order valence-corrected chi connectivity index (χ1v) is 6.65. The first kappa shape index (κ1) is 12.6. The highest BCUT2D eigenvalue weighted by Crippen LogP contribution is 2.19. The van der Waals surface area contributed by atoms with Gasteiger partial charge in [0.25, 0.3) is 0 Å². The second-order valence-electron chi connectivity index (χ2n) is 4.76. The van der Waals surface area contributed by atoms with Crippen molar-refractivity contribution in [3.8, 4) is 0 Å². The average molecular weight is 237 g/mol. The summed E-state index contributed by atoms with van der Waals surface area (Å²) in [5.74, 6) is 1.07. The summed E-state index contributed by atoms with van der Waals surface area (Å²) in [6.07, 6.45) is 10.9. The van der Waals surface area contributed by atoms with Crippen molar-refractivity contribution in [1.82, 2.24) is 14.9 Å². The molecule has 0 unspecified atom stereocenters. The Balaban J connectivity index is 1.53. The molecule has 1 saturated carbocycles. The van der Waals surface area contributed by atoms with E-state index < -0.39 is 0 Å². The van der Waals surface area contributed by atoms with E-state index in [4.69, 9.17) is 4.74 Å². The van der Waals surface area contributed by atoms with Crippen LogP contribution in [0, 0.1) is 0 Å². The summed E-state index contributed by atoms with van der Waals surface area (Å²) in [7, 11) is 2.02. The Morgan fingerprint density at radius 2 is 2.24 bits per heavy atom. The zero-order valence-corrected chi connectivity index (χ0v) is 10.7. The van der Waals surface area contributed by atoms with Crippen LogP contribution in [0.1, 0.15) is 37.9 Å². The summed E-state index contributed by atoms with van der Waals surface area (Å²) in [5, 5.41) is 3.36. The molecule has 1 N–H and O–H groups in total. The van der Waals surface area contributed by atoms with Crippen LogP contribution in [0.15, 0.2) is 12.4 Å². The van der Waals surface area contributed by atoms with E-state index in [0.717, 1.165) is 25.5 Å². The van der Waals surface area contributed by atoms with Crippen LogP contribution in [0.25, 0.3) is 0 Å². The maximum atomic E-state index is 5.84. The third kappa shape index (κ3) is 4.13. The van der Waals surface area contributed by atoms with Crippen LogP contribution >= 0.6 is 0 Å². The fourth-order valence-corrected chi connectivity index (χ4v) is 2.30. The van der Waals surface area contributed by atoms with E-state index in [1.165, 1.54) is 32.1 Å². The lowest BCUT2D eigenvalue weighted by Gasteiger charge is -2.21. The molecule has 0 bridgehead atoms. The van der Waals surface area contributed by atoms with Crippen LogP contribution in [0.5, 0.6) is 0 Å². The maximum absolute atomic E-state index is 5.84. The van der Waals surface area contributed by atoms with Crippen LogP contribution in [0.4, 0.5) is 0 Å². The third-order valence-electron chi connectivity index (χ3n) is 3.39. The normalized spacial score (nSPS) is 17.5. The second-order valence-corrected chi connectivity index (χ2v) is 4.76. The van der Waals surface area contributed by atoms with E-state index >= 15 is 0 Å². The van der Waals surface area contributed by atoms with Gasteiger partial charge in [-0.15, -0.1) is 0 Å². The molecule has 0 spiro atoms. The predicted molar refractivity (Wildman–Crippen MR) is 67.7 cm³/mol. The highest BCUT2D eigenvalue weighted by molar-refractivity contribution is 4.90. The fraction of sp³-hybridized carbons (Fsp3) is 0.769. The third-order valence-corrected chi connectivity index (χ3v) is 3.39. The Kier molecular flexibility index (Phi) is 5.01. The van der Waals surface area contributed by atoms with Gasteiger partial charge >= 0.3 is 0 Å². The van der Waals surface area contributed by atoms with E-state index in [1.54, 1.807) is 0 Å². The highest BCUT2D eigenvalue weighted by atomic mass is 16.5. The minimum absolute atomic E-state index is 0.513. The van der Waals surface area contributed by atoms with Crippen LogP contribution in [0.3, 0.4) is 0 Å². The number of hydrogen-bond donors (Lipinski definition) is 1. The van der Waals surface area contributed by atoms with E-state index in [-0.39, 0.29) is 0 Å². The van der Waals surface area contributed by atoms with E-state index in [9.17, 15) is 0 Å². The lowest BCUT2D eigenvalue weighted by Crippen LogP contribution is -2.25. The molecule has 0 atom stereocenters. The standard InChI is InChI=1S/C13H23N3O/c1-16-9-7-15-13(16)11-14-8-10-17-12-5-3-2-4-6-12/h7,9,12,14H,2-6,8,10-11H2,1H3. The van der Waals surface area contributed by atoms with Crippen molar-refractivity contribution >= 4 is 0 Å². The number of nitrogens with one attached hydrogen (secondary N) is 1.